The number of carbonyl (C=O) groups excluding carboxylic acids is 2. The lowest BCUT2D eigenvalue weighted by Gasteiger charge is -2.35. The maximum atomic E-state index is 13.0. The fourth-order valence-electron chi connectivity index (χ4n) is 4.55. The van der Waals surface area contributed by atoms with E-state index in [-0.39, 0.29) is 11.9 Å². The van der Waals surface area contributed by atoms with Crippen LogP contribution < -0.4 is 15.1 Å². The lowest BCUT2D eigenvalue weighted by atomic mass is 9.77. The first-order valence-corrected chi connectivity index (χ1v) is 10.3. The molecule has 2 heterocycles. The van der Waals surface area contributed by atoms with Crippen molar-refractivity contribution in [2.75, 3.05) is 37.7 Å². The lowest BCUT2D eigenvalue weighted by molar-refractivity contribution is -0.907. The normalized spacial score (nSPS) is 29.5. The van der Waals surface area contributed by atoms with E-state index in [1.807, 2.05) is 18.2 Å². The molecule has 0 atom stereocenters. The van der Waals surface area contributed by atoms with Gasteiger partial charge in [0.2, 0.25) is 0 Å². The van der Waals surface area contributed by atoms with Crippen LogP contribution in [0.15, 0.2) is 24.3 Å². The number of rotatable bonds is 3. The van der Waals surface area contributed by atoms with Gasteiger partial charge in [-0.15, -0.1) is 0 Å². The maximum Gasteiger partial charge on any atom is 0.329 e. The second kappa shape index (κ2) is 7.32. The third kappa shape index (κ3) is 3.65. The largest absolute Gasteiger partial charge is 0.360 e. The van der Waals surface area contributed by atoms with Crippen molar-refractivity contribution in [3.8, 4) is 0 Å². The van der Waals surface area contributed by atoms with Crippen molar-refractivity contribution in [3.05, 3.63) is 29.3 Å². The third-order valence-electron chi connectivity index (χ3n) is 6.40. The molecule has 0 radical (unpaired) electrons. The summed E-state index contributed by atoms with van der Waals surface area (Å²) in [6.07, 6.45) is 3.55. The molecule has 2 N–H and O–H groups in total. The highest BCUT2D eigenvalue weighted by Gasteiger charge is 2.53. The predicted molar refractivity (Wildman–Crippen MR) is 105 cm³/mol. The number of nitrogens with zero attached hydrogens (tertiary/aromatic N) is 2. The van der Waals surface area contributed by atoms with Crippen molar-refractivity contribution in [2.45, 2.75) is 38.1 Å². The van der Waals surface area contributed by atoms with Crippen molar-refractivity contribution in [2.24, 2.45) is 5.92 Å². The molecule has 6 nitrogen and oxygen atoms in total. The van der Waals surface area contributed by atoms with Crippen molar-refractivity contribution in [3.63, 3.8) is 0 Å². The minimum Gasteiger partial charge on any atom is -0.360 e. The van der Waals surface area contributed by atoms with E-state index in [9.17, 15) is 9.59 Å². The average molecular weight is 392 g/mol. The number of nitrogens with one attached hydrogen (secondary N) is 2. The molecule has 27 heavy (non-hydrogen) atoms. The number of quaternary nitrogens is 1. The first-order valence-electron chi connectivity index (χ1n) is 9.95. The molecule has 2 aliphatic heterocycles. The van der Waals surface area contributed by atoms with E-state index in [4.69, 9.17) is 11.6 Å². The predicted octanol–water partition coefficient (Wildman–Crippen LogP) is 1.50. The summed E-state index contributed by atoms with van der Waals surface area (Å²) in [6.45, 7) is 6.26. The van der Waals surface area contributed by atoms with E-state index >= 15 is 0 Å². The van der Waals surface area contributed by atoms with E-state index in [2.05, 4.69) is 23.2 Å². The number of carbonyl (C=O) groups is 2. The molecule has 1 aliphatic carbocycles. The molecule has 3 amide bonds. The Morgan fingerprint density at radius 2 is 1.93 bits per heavy atom. The van der Waals surface area contributed by atoms with Gasteiger partial charge in [0.25, 0.3) is 5.91 Å². The molecular weight excluding hydrogens is 364 g/mol. The zero-order valence-electron chi connectivity index (χ0n) is 15.8. The van der Waals surface area contributed by atoms with Gasteiger partial charge in [0.15, 0.2) is 6.67 Å². The summed E-state index contributed by atoms with van der Waals surface area (Å²) in [5, 5.41) is 3.76. The zero-order chi connectivity index (χ0) is 19.0. The Hall–Kier alpha value is -1.79. The van der Waals surface area contributed by atoms with Crippen LogP contribution in [-0.4, -0.2) is 55.2 Å². The van der Waals surface area contributed by atoms with Crippen LogP contribution in [0.5, 0.6) is 0 Å². The van der Waals surface area contributed by atoms with Gasteiger partial charge in [0.1, 0.15) is 5.54 Å². The summed E-state index contributed by atoms with van der Waals surface area (Å²) in [6, 6.07) is 7.69. The quantitative estimate of drug-likeness (QED) is 0.768. The number of imide groups is 1. The number of halogens is 1. The minimum atomic E-state index is -0.633. The molecule has 7 heteroatoms. The molecule has 2 saturated heterocycles. The topological polar surface area (TPSA) is 57.1 Å². The Labute approximate surface area is 165 Å². The summed E-state index contributed by atoms with van der Waals surface area (Å²) in [5.74, 6) is 0.628. The molecule has 0 unspecified atom stereocenters. The minimum absolute atomic E-state index is 0.0100. The van der Waals surface area contributed by atoms with Crippen LogP contribution >= 0.6 is 11.6 Å². The maximum absolute atomic E-state index is 13.0. The number of hydrogen-bond donors (Lipinski definition) is 2. The molecule has 1 aromatic rings. The second-order valence-corrected chi connectivity index (χ2v) is 8.74. The summed E-state index contributed by atoms with van der Waals surface area (Å²) >= 11 is 6.10. The Bertz CT molecular complexity index is 724. The number of anilines is 1. The summed E-state index contributed by atoms with van der Waals surface area (Å²) in [7, 11) is 0. The van der Waals surface area contributed by atoms with Gasteiger partial charge < -0.3 is 15.1 Å². The standard InChI is InChI=1S/C20H27ClN4O2/c1-15-5-7-20(8-6-15)18(26)25(19(27)22-20)14-23-9-11-24(12-10-23)17-4-2-3-16(21)13-17/h2-4,13,15H,5-12,14H2,1H3,(H,22,27)/p+1. The molecular formula is C20H28ClN4O2+. The summed E-state index contributed by atoms with van der Waals surface area (Å²) in [5.41, 5.74) is 0.498. The molecule has 0 aromatic heterocycles. The molecule has 3 fully saturated rings. The highest BCUT2D eigenvalue weighted by Crippen LogP contribution is 2.36. The lowest BCUT2D eigenvalue weighted by Crippen LogP contribution is -3.16. The van der Waals surface area contributed by atoms with E-state index in [1.165, 1.54) is 9.80 Å². The Morgan fingerprint density at radius 1 is 1.22 bits per heavy atom. The van der Waals surface area contributed by atoms with E-state index < -0.39 is 5.54 Å². The Morgan fingerprint density at radius 3 is 2.59 bits per heavy atom. The van der Waals surface area contributed by atoms with Crippen LogP contribution in [0, 0.1) is 5.92 Å². The van der Waals surface area contributed by atoms with Crippen LogP contribution in [0.3, 0.4) is 0 Å². The third-order valence-corrected chi connectivity index (χ3v) is 6.63. The fraction of sp³-hybridized carbons (Fsp3) is 0.600. The summed E-state index contributed by atoms with van der Waals surface area (Å²) in [4.78, 5) is 30.5. The molecule has 3 aliphatic rings. The van der Waals surface area contributed by atoms with Crippen LogP contribution in [0.4, 0.5) is 10.5 Å². The number of benzene rings is 1. The van der Waals surface area contributed by atoms with E-state index in [0.29, 0.717) is 12.6 Å². The van der Waals surface area contributed by atoms with Gasteiger partial charge in [0, 0.05) is 10.7 Å². The van der Waals surface area contributed by atoms with Crippen molar-refractivity contribution in [1.29, 1.82) is 0 Å². The molecule has 1 spiro atoms. The molecule has 0 bridgehead atoms. The first kappa shape index (κ1) is 18.6. The van der Waals surface area contributed by atoms with Gasteiger partial charge in [-0.05, 0) is 49.8 Å². The number of amides is 3. The average Bonchev–Trinajstić information content (AvgIpc) is 2.89. The highest BCUT2D eigenvalue weighted by molar-refractivity contribution is 6.30. The molecule has 1 aromatic carbocycles. The van der Waals surface area contributed by atoms with Gasteiger partial charge in [-0.25, -0.2) is 9.69 Å². The number of hydrogen-bond acceptors (Lipinski definition) is 3. The van der Waals surface area contributed by atoms with Gasteiger partial charge in [-0.1, -0.05) is 24.6 Å². The second-order valence-electron chi connectivity index (χ2n) is 8.30. The Kier molecular flexibility index (Phi) is 5.03. The van der Waals surface area contributed by atoms with Gasteiger partial charge in [-0.3, -0.25) is 4.79 Å². The SMILES string of the molecule is CC1CCC2(CC1)NC(=O)N(C[NH+]1CCN(c3cccc(Cl)c3)CC1)C2=O. The fourth-order valence-corrected chi connectivity index (χ4v) is 4.73. The highest BCUT2D eigenvalue weighted by atomic mass is 35.5. The van der Waals surface area contributed by atoms with Gasteiger partial charge >= 0.3 is 6.03 Å². The molecule has 1 saturated carbocycles. The smallest absolute Gasteiger partial charge is 0.329 e. The first-order chi connectivity index (χ1) is 13.0. The Balaban J connectivity index is 1.35. The van der Waals surface area contributed by atoms with E-state index in [1.54, 1.807) is 0 Å². The van der Waals surface area contributed by atoms with E-state index in [0.717, 1.165) is 62.6 Å². The molecule has 146 valence electrons. The number of urea groups is 1. The van der Waals surface area contributed by atoms with Crippen molar-refractivity contribution in [1.82, 2.24) is 10.2 Å². The number of piperazine rings is 1. The van der Waals surface area contributed by atoms with Crippen LogP contribution in [0.25, 0.3) is 0 Å². The van der Waals surface area contributed by atoms with Crippen molar-refractivity contribution < 1.29 is 14.5 Å². The van der Waals surface area contributed by atoms with Gasteiger partial charge in [-0.2, -0.15) is 0 Å². The summed E-state index contributed by atoms with van der Waals surface area (Å²) < 4.78 is 0. The zero-order valence-corrected chi connectivity index (χ0v) is 16.6. The molecule has 4 rings (SSSR count). The van der Waals surface area contributed by atoms with Crippen LogP contribution in [0.2, 0.25) is 5.02 Å². The van der Waals surface area contributed by atoms with Gasteiger partial charge in [0.05, 0.1) is 26.2 Å². The monoisotopic (exact) mass is 391 g/mol. The van der Waals surface area contributed by atoms with Crippen LogP contribution in [0.1, 0.15) is 32.6 Å². The van der Waals surface area contributed by atoms with Crippen molar-refractivity contribution >= 4 is 29.2 Å². The van der Waals surface area contributed by atoms with Crippen LogP contribution in [-0.2, 0) is 4.79 Å².